The van der Waals surface area contributed by atoms with E-state index in [0.29, 0.717) is 28.6 Å². The van der Waals surface area contributed by atoms with Crippen molar-refractivity contribution in [3.8, 4) is 11.5 Å². The molecule has 0 bridgehead atoms. The largest absolute Gasteiger partial charge is 0.399 e. The predicted molar refractivity (Wildman–Crippen MR) is 107 cm³/mol. The Hall–Kier alpha value is -3.42. The number of anilines is 2. The number of aromatic nitrogens is 4. The van der Waals surface area contributed by atoms with E-state index in [-0.39, 0.29) is 6.54 Å². The molecule has 4 aromatic rings. The van der Waals surface area contributed by atoms with Gasteiger partial charge in [-0.2, -0.15) is 0 Å². The molecule has 1 unspecified atom stereocenters. The van der Waals surface area contributed by atoms with Crippen LogP contribution >= 0.6 is 0 Å². The van der Waals surface area contributed by atoms with Gasteiger partial charge in [0, 0.05) is 12.2 Å². The summed E-state index contributed by atoms with van der Waals surface area (Å²) in [4.78, 5) is 4.66. The van der Waals surface area contributed by atoms with Crippen LogP contribution in [-0.2, 0) is 6.54 Å². The van der Waals surface area contributed by atoms with Gasteiger partial charge in [0.05, 0.1) is 17.6 Å². The second-order valence-corrected chi connectivity index (χ2v) is 6.56. The highest BCUT2D eigenvalue weighted by molar-refractivity contribution is 5.81. The summed E-state index contributed by atoms with van der Waals surface area (Å²) >= 11 is 0. The lowest BCUT2D eigenvalue weighted by Crippen LogP contribution is -2.09. The minimum absolute atomic E-state index is 0.0832. The van der Waals surface area contributed by atoms with Gasteiger partial charge in [0.15, 0.2) is 11.5 Å². The van der Waals surface area contributed by atoms with Crippen molar-refractivity contribution in [1.82, 2.24) is 19.9 Å². The first-order valence-corrected chi connectivity index (χ1v) is 9.19. The van der Waals surface area contributed by atoms with E-state index in [1.807, 2.05) is 28.8 Å². The smallest absolute Gasteiger partial charge is 0.202 e. The fraction of sp³-hybridized carbons (Fsp3) is 0.250. The highest BCUT2D eigenvalue weighted by Crippen LogP contribution is 2.31. The van der Waals surface area contributed by atoms with Crippen LogP contribution in [0.25, 0.3) is 22.6 Å². The molecule has 0 fully saturated rings. The Balaban J connectivity index is 1.76. The molecule has 0 saturated carbocycles. The summed E-state index contributed by atoms with van der Waals surface area (Å²) in [6.07, 6.45) is -0.310. The van der Waals surface area contributed by atoms with Crippen molar-refractivity contribution in [2.45, 2.75) is 26.1 Å². The number of para-hydroxylation sites is 2. The van der Waals surface area contributed by atoms with Crippen LogP contribution in [-0.4, -0.2) is 26.4 Å². The summed E-state index contributed by atoms with van der Waals surface area (Å²) in [5.41, 5.74) is 8.91. The fourth-order valence-corrected chi connectivity index (χ4v) is 3.11. The number of rotatable bonds is 7. The highest BCUT2D eigenvalue weighted by Gasteiger charge is 2.23. The Labute approximate surface area is 161 Å². The number of benzene rings is 2. The SMILES string of the molecule is CCCNc1nonc1-c1nc2ccccc2n1CC(F)c1ccc(N)cc1. The summed E-state index contributed by atoms with van der Waals surface area (Å²) in [5, 5.41) is 11.1. The van der Waals surface area contributed by atoms with E-state index in [9.17, 15) is 0 Å². The zero-order valence-corrected chi connectivity index (χ0v) is 15.5. The lowest BCUT2D eigenvalue weighted by atomic mass is 10.1. The molecule has 2 aromatic heterocycles. The first-order valence-electron chi connectivity index (χ1n) is 9.19. The number of halogens is 1. The summed E-state index contributed by atoms with van der Waals surface area (Å²) < 4.78 is 21.9. The Morgan fingerprint density at radius 1 is 1.14 bits per heavy atom. The third-order valence-electron chi connectivity index (χ3n) is 4.54. The molecule has 8 heteroatoms. The molecule has 0 amide bonds. The van der Waals surface area contributed by atoms with Crippen LogP contribution < -0.4 is 11.1 Å². The maximum Gasteiger partial charge on any atom is 0.202 e. The van der Waals surface area contributed by atoms with Gasteiger partial charge in [-0.1, -0.05) is 31.2 Å². The molecule has 2 aromatic carbocycles. The summed E-state index contributed by atoms with van der Waals surface area (Å²) in [6.45, 7) is 2.86. The van der Waals surface area contributed by atoms with Crippen LogP contribution in [0.5, 0.6) is 0 Å². The summed E-state index contributed by atoms with van der Waals surface area (Å²) in [5.74, 6) is 1.01. The molecule has 0 saturated heterocycles. The maximum absolute atomic E-state index is 15.1. The molecule has 0 aliphatic heterocycles. The van der Waals surface area contributed by atoms with Gasteiger partial charge in [-0.3, -0.25) is 0 Å². The molecule has 0 aliphatic carbocycles. The van der Waals surface area contributed by atoms with Gasteiger partial charge in [0.25, 0.3) is 0 Å². The van der Waals surface area contributed by atoms with Crippen molar-refractivity contribution in [2.75, 3.05) is 17.6 Å². The van der Waals surface area contributed by atoms with Crippen LogP contribution in [0.2, 0.25) is 0 Å². The van der Waals surface area contributed by atoms with Gasteiger partial charge in [0.2, 0.25) is 5.82 Å². The van der Waals surface area contributed by atoms with Crippen LogP contribution in [0.3, 0.4) is 0 Å². The van der Waals surface area contributed by atoms with E-state index in [4.69, 9.17) is 10.4 Å². The van der Waals surface area contributed by atoms with Gasteiger partial charge in [-0.15, -0.1) is 0 Å². The molecule has 7 nitrogen and oxygen atoms in total. The number of nitrogens with two attached hydrogens (primary N) is 1. The van der Waals surface area contributed by atoms with Crippen LogP contribution in [0.15, 0.2) is 53.2 Å². The zero-order chi connectivity index (χ0) is 19.5. The van der Waals surface area contributed by atoms with Crippen molar-refractivity contribution in [3.05, 3.63) is 54.1 Å². The topological polar surface area (TPSA) is 94.8 Å². The summed E-state index contributed by atoms with van der Waals surface area (Å²) in [7, 11) is 0. The number of nitrogen functional groups attached to an aromatic ring is 1. The average molecular weight is 380 g/mol. The standard InChI is InChI=1S/C20H21FN6O/c1-2-11-23-19-18(25-28-26-19)20-24-16-5-3-4-6-17(16)27(20)12-15(21)13-7-9-14(22)10-8-13/h3-10,15H,2,11-12,22H2,1H3,(H,23,26). The van der Waals surface area contributed by atoms with Gasteiger partial charge in [-0.05, 0) is 46.6 Å². The molecule has 4 rings (SSSR count). The molecular weight excluding hydrogens is 359 g/mol. The molecular formula is C20H21FN6O. The van der Waals surface area contributed by atoms with Crippen molar-refractivity contribution >= 4 is 22.5 Å². The van der Waals surface area contributed by atoms with E-state index < -0.39 is 6.17 Å². The van der Waals surface area contributed by atoms with Gasteiger partial charge < -0.3 is 15.6 Å². The molecule has 144 valence electrons. The van der Waals surface area contributed by atoms with E-state index >= 15 is 4.39 Å². The third-order valence-corrected chi connectivity index (χ3v) is 4.54. The normalized spacial score (nSPS) is 12.4. The Morgan fingerprint density at radius 2 is 1.93 bits per heavy atom. The van der Waals surface area contributed by atoms with Crippen LogP contribution in [0.4, 0.5) is 15.9 Å². The van der Waals surface area contributed by atoms with Crippen molar-refractivity contribution in [3.63, 3.8) is 0 Å². The van der Waals surface area contributed by atoms with Gasteiger partial charge in [-0.25, -0.2) is 14.0 Å². The van der Waals surface area contributed by atoms with Crippen molar-refractivity contribution in [2.24, 2.45) is 0 Å². The monoisotopic (exact) mass is 380 g/mol. The van der Waals surface area contributed by atoms with Crippen molar-refractivity contribution in [1.29, 1.82) is 0 Å². The number of hydrogen-bond acceptors (Lipinski definition) is 6. The first kappa shape index (κ1) is 18.0. The maximum atomic E-state index is 15.1. The molecule has 0 radical (unpaired) electrons. The predicted octanol–water partition coefficient (Wildman–Crippen LogP) is 4.20. The van der Waals surface area contributed by atoms with Gasteiger partial charge >= 0.3 is 0 Å². The third kappa shape index (κ3) is 3.40. The minimum atomic E-state index is -1.23. The molecule has 3 N–H and O–H groups in total. The molecule has 0 aliphatic rings. The number of nitrogens with one attached hydrogen (secondary N) is 1. The number of imidazole rings is 1. The number of hydrogen-bond donors (Lipinski definition) is 2. The van der Waals surface area contributed by atoms with E-state index in [1.165, 1.54) is 0 Å². The second kappa shape index (κ2) is 7.67. The lowest BCUT2D eigenvalue weighted by molar-refractivity contribution is 0.303. The minimum Gasteiger partial charge on any atom is -0.399 e. The molecule has 2 heterocycles. The summed E-state index contributed by atoms with van der Waals surface area (Å²) in [6, 6.07) is 14.4. The van der Waals surface area contributed by atoms with Crippen LogP contribution in [0.1, 0.15) is 25.1 Å². The number of alkyl halides is 1. The average Bonchev–Trinajstić information content (AvgIpc) is 3.31. The number of nitrogens with zero attached hydrogens (tertiary/aromatic N) is 4. The first-order chi connectivity index (χ1) is 13.7. The Kier molecular flexibility index (Phi) is 4.92. The molecule has 1 atom stereocenters. The molecule has 28 heavy (non-hydrogen) atoms. The Morgan fingerprint density at radius 3 is 2.71 bits per heavy atom. The van der Waals surface area contributed by atoms with E-state index in [1.54, 1.807) is 24.3 Å². The molecule has 0 spiro atoms. The van der Waals surface area contributed by atoms with Crippen LogP contribution in [0, 0.1) is 0 Å². The van der Waals surface area contributed by atoms with E-state index in [2.05, 4.69) is 27.5 Å². The number of fused-ring (bicyclic) bond motifs is 1. The zero-order valence-electron chi connectivity index (χ0n) is 15.5. The van der Waals surface area contributed by atoms with Gasteiger partial charge in [0.1, 0.15) is 6.17 Å². The quantitative estimate of drug-likeness (QED) is 0.467. The lowest BCUT2D eigenvalue weighted by Gasteiger charge is -2.13. The second-order valence-electron chi connectivity index (χ2n) is 6.56. The Bertz CT molecular complexity index is 1070. The highest BCUT2D eigenvalue weighted by atomic mass is 19.1. The van der Waals surface area contributed by atoms with E-state index in [0.717, 1.165) is 24.0 Å². The van der Waals surface area contributed by atoms with Crippen molar-refractivity contribution < 1.29 is 9.02 Å². The fourth-order valence-electron chi connectivity index (χ4n) is 3.11.